The molecule has 3 rings (SSSR count). The Hall–Kier alpha value is -0.160. The summed E-state index contributed by atoms with van der Waals surface area (Å²) in [5.74, 6) is 0.963. The van der Waals surface area contributed by atoms with Gasteiger partial charge >= 0.3 is 0 Å². The number of piperidine rings is 1. The van der Waals surface area contributed by atoms with Crippen molar-refractivity contribution in [2.45, 2.75) is 82.9 Å². The number of fused-ring (bicyclic) bond motifs is 1. The Balaban J connectivity index is 1.20. The lowest BCUT2D eigenvalue weighted by Crippen LogP contribution is -2.42. The molecule has 1 aliphatic carbocycles. The highest BCUT2D eigenvalue weighted by molar-refractivity contribution is 4.83. The van der Waals surface area contributed by atoms with E-state index in [1.165, 1.54) is 90.3 Å². The largest absolute Gasteiger partial charge is 0.362 e. The number of rotatable bonds is 8. The van der Waals surface area contributed by atoms with Crippen molar-refractivity contribution in [3.8, 4) is 0 Å². The van der Waals surface area contributed by atoms with Crippen LogP contribution in [0.5, 0.6) is 0 Å². The molecule has 4 heteroatoms. The first-order chi connectivity index (χ1) is 11.3. The Morgan fingerprint density at radius 3 is 2.70 bits per heavy atom. The zero-order valence-electron chi connectivity index (χ0n) is 15.1. The topological polar surface area (TPSA) is 27.7 Å². The van der Waals surface area contributed by atoms with Crippen LogP contribution in [-0.4, -0.2) is 55.5 Å². The summed E-state index contributed by atoms with van der Waals surface area (Å²) in [7, 11) is 2.30. The molecule has 0 aromatic carbocycles. The summed E-state index contributed by atoms with van der Waals surface area (Å²) >= 11 is 0. The number of hydrogen-bond donors (Lipinski definition) is 1. The fraction of sp³-hybridized carbons (Fsp3) is 1.00. The first-order valence-electron chi connectivity index (χ1n) is 10.1. The summed E-state index contributed by atoms with van der Waals surface area (Å²) in [5, 5.41) is 2.42. The van der Waals surface area contributed by atoms with Crippen molar-refractivity contribution in [3.63, 3.8) is 0 Å². The fourth-order valence-electron chi connectivity index (χ4n) is 4.62. The summed E-state index contributed by atoms with van der Waals surface area (Å²) in [6.45, 7) is 4.65. The third-order valence-electron chi connectivity index (χ3n) is 5.97. The number of nitrogens with one attached hydrogen (secondary N) is 1. The van der Waals surface area contributed by atoms with Gasteiger partial charge in [0, 0.05) is 32.2 Å². The lowest BCUT2D eigenvalue weighted by Gasteiger charge is -2.28. The molecular formula is C19H37N3O. The van der Waals surface area contributed by atoms with E-state index >= 15 is 0 Å². The van der Waals surface area contributed by atoms with Crippen LogP contribution in [0, 0.1) is 5.92 Å². The molecule has 0 aromatic rings. The molecule has 3 fully saturated rings. The second-order valence-corrected chi connectivity index (χ2v) is 8.04. The van der Waals surface area contributed by atoms with Crippen molar-refractivity contribution in [2.24, 2.45) is 5.92 Å². The zero-order chi connectivity index (χ0) is 15.9. The van der Waals surface area contributed by atoms with Gasteiger partial charge in [-0.1, -0.05) is 25.7 Å². The van der Waals surface area contributed by atoms with Gasteiger partial charge in [-0.2, -0.15) is 0 Å². The monoisotopic (exact) mass is 323 g/mol. The van der Waals surface area contributed by atoms with Gasteiger partial charge in [-0.25, -0.2) is 10.4 Å². The molecule has 4 nitrogen and oxygen atoms in total. The van der Waals surface area contributed by atoms with Crippen LogP contribution in [0.25, 0.3) is 0 Å². The molecule has 0 spiro atoms. The summed E-state index contributed by atoms with van der Waals surface area (Å²) in [5.41, 5.74) is 3.55. The van der Waals surface area contributed by atoms with Gasteiger partial charge in [0.05, 0.1) is 0 Å². The van der Waals surface area contributed by atoms with Crippen molar-refractivity contribution in [3.05, 3.63) is 0 Å². The molecule has 2 heterocycles. The molecule has 1 saturated carbocycles. The van der Waals surface area contributed by atoms with Crippen LogP contribution in [0.3, 0.4) is 0 Å². The maximum Gasteiger partial charge on any atom is 0.122 e. The molecule has 23 heavy (non-hydrogen) atoms. The molecule has 3 aliphatic rings. The molecule has 2 atom stereocenters. The van der Waals surface area contributed by atoms with Crippen LogP contribution in [-0.2, 0) is 4.74 Å². The molecule has 0 amide bonds. The predicted octanol–water partition coefficient (Wildman–Crippen LogP) is 3.38. The third-order valence-corrected chi connectivity index (χ3v) is 5.97. The number of nitrogens with zero attached hydrogens (tertiary/aromatic N) is 2. The van der Waals surface area contributed by atoms with Crippen LogP contribution in [0.15, 0.2) is 0 Å². The summed E-state index contributed by atoms with van der Waals surface area (Å²) in [4.78, 5) is 2.55. The maximum absolute atomic E-state index is 6.06. The van der Waals surface area contributed by atoms with Crippen LogP contribution < -0.4 is 5.43 Å². The van der Waals surface area contributed by atoms with E-state index in [9.17, 15) is 0 Å². The Labute approximate surface area is 142 Å². The number of ether oxygens (including phenoxy) is 1. The zero-order valence-corrected chi connectivity index (χ0v) is 15.1. The van der Waals surface area contributed by atoms with Crippen molar-refractivity contribution >= 4 is 0 Å². The van der Waals surface area contributed by atoms with Gasteiger partial charge in [0.15, 0.2) is 0 Å². The van der Waals surface area contributed by atoms with E-state index in [4.69, 9.17) is 4.74 Å². The van der Waals surface area contributed by atoms with Gasteiger partial charge in [0.25, 0.3) is 0 Å². The van der Waals surface area contributed by atoms with Gasteiger partial charge in [-0.05, 0) is 58.0 Å². The average molecular weight is 324 g/mol. The molecule has 134 valence electrons. The number of hydrazine groups is 1. The number of unbranched alkanes of at least 4 members (excludes halogenated alkanes) is 1. The molecule has 2 saturated heterocycles. The molecule has 2 aliphatic heterocycles. The van der Waals surface area contributed by atoms with Gasteiger partial charge in [-0.15, -0.1) is 0 Å². The average Bonchev–Trinajstić information content (AvgIpc) is 2.98. The molecule has 2 unspecified atom stereocenters. The van der Waals surface area contributed by atoms with Crippen LogP contribution in [0.1, 0.15) is 70.6 Å². The Kier molecular flexibility index (Phi) is 7.18. The van der Waals surface area contributed by atoms with Gasteiger partial charge in [0.2, 0.25) is 0 Å². The first-order valence-corrected chi connectivity index (χ1v) is 10.1. The van der Waals surface area contributed by atoms with Gasteiger partial charge in [-0.3, -0.25) is 0 Å². The lowest BCUT2D eigenvalue weighted by molar-refractivity contribution is 0.0126. The minimum atomic E-state index is 0.276. The Bertz CT molecular complexity index is 319. The van der Waals surface area contributed by atoms with Crippen LogP contribution >= 0.6 is 0 Å². The van der Waals surface area contributed by atoms with E-state index in [1.807, 2.05) is 0 Å². The molecule has 0 radical (unpaired) electrons. The van der Waals surface area contributed by atoms with Gasteiger partial charge in [0.1, 0.15) is 6.23 Å². The lowest BCUT2D eigenvalue weighted by atomic mass is 9.89. The highest BCUT2D eigenvalue weighted by atomic mass is 16.5. The first kappa shape index (κ1) is 17.7. The third kappa shape index (κ3) is 5.70. The van der Waals surface area contributed by atoms with Crippen molar-refractivity contribution in [1.82, 2.24) is 15.3 Å². The normalized spacial score (nSPS) is 30.0. The smallest absolute Gasteiger partial charge is 0.122 e. The Morgan fingerprint density at radius 1 is 1.04 bits per heavy atom. The van der Waals surface area contributed by atoms with Crippen molar-refractivity contribution < 1.29 is 4.74 Å². The second kappa shape index (κ2) is 9.36. The highest BCUT2D eigenvalue weighted by Gasteiger charge is 2.33. The standard InChI is InChI=1S/C19H37N3O/c1-21(16-17-9-3-2-4-10-17)12-7-8-14-23-19-15-18-11-5-6-13-22(18)20-19/h17-20H,2-16H2,1H3. The molecule has 0 bridgehead atoms. The van der Waals surface area contributed by atoms with Crippen molar-refractivity contribution in [1.29, 1.82) is 0 Å². The fourth-order valence-corrected chi connectivity index (χ4v) is 4.62. The van der Waals surface area contributed by atoms with Gasteiger partial charge < -0.3 is 9.64 Å². The summed E-state index contributed by atoms with van der Waals surface area (Å²) in [6.07, 6.45) is 15.3. The minimum Gasteiger partial charge on any atom is -0.362 e. The second-order valence-electron chi connectivity index (χ2n) is 8.04. The SMILES string of the molecule is CN(CCCCOC1CC2CCCCN2N1)CC1CCCCC1. The van der Waals surface area contributed by atoms with Crippen molar-refractivity contribution in [2.75, 3.05) is 33.3 Å². The summed E-state index contributed by atoms with van der Waals surface area (Å²) < 4.78 is 6.06. The Morgan fingerprint density at radius 2 is 1.87 bits per heavy atom. The number of hydrogen-bond acceptors (Lipinski definition) is 4. The quantitative estimate of drug-likeness (QED) is 0.693. The van der Waals surface area contributed by atoms with E-state index in [2.05, 4.69) is 22.4 Å². The van der Waals surface area contributed by atoms with E-state index in [0.717, 1.165) is 18.6 Å². The maximum atomic E-state index is 6.06. The summed E-state index contributed by atoms with van der Waals surface area (Å²) in [6, 6.07) is 0.732. The van der Waals surface area contributed by atoms with E-state index in [-0.39, 0.29) is 6.23 Å². The highest BCUT2D eigenvalue weighted by Crippen LogP contribution is 2.25. The van der Waals surface area contributed by atoms with Crippen LogP contribution in [0.2, 0.25) is 0 Å². The molecule has 0 aromatic heterocycles. The minimum absolute atomic E-state index is 0.276. The predicted molar refractivity (Wildman–Crippen MR) is 95.1 cm³/mol. The van der Waals surface area contributed by atoms with E-state index < -0.39 is 0 Å². The van der Waals surface area contributed by atoms with Crippen LogP contribution in [0.4, 0.5) is 0 Å². The molecule has 1 N–H and O–H groups in total. The van der Waals surface area contributed by atoms with E-state index in [0.29, 0.717) is 0 Å². The molecular weight excluding hydrogens is 286 g/mol. The van der Waals surface area contributed by atoms with E-state index in [1.54, 1.807) is 0 Å².